The first-order valence-electron chi connectivity index (χ1n) is 6.62. The largest absolute Gasteiger partial charge is 0.435 e. The smallest absolute Gasteiger partial charge is 0.387 e. The molecule has 0 amide bonds. The van der Waals surface area contributed by atoms with Crippen LogP contribution in [0.25, 0.3) is 11.5 Å². The molecule has 0 radical (unpaired) electrons. The SMILES string of the molecule is FC(F)Oc1ccccc1CSc1nnc(-c2ccncc2)o1. The summed E-state index contributed by atoms with van der Waals surface area (Å²) in [6.07, 6.45) is 3.26. The summed E-state index contributed by atoms with van der Waals surface area (Å²) in [5.74, 6) is 0.900. The van der Waals surface area contributed by atoms with E-state index in [4.69, 9.17) is 4.42 Å². The number of ether oxygens (including phenoxy) is 1. The highest BCUT2D eigenvalue weighted by Gasteiger charge is 2.12. The maximum atomic E-state index is 12.4. The number of pyridine rings is 1. The minimum absolute atomic E-state index is 0.142. The standard InChI is InChI=1S/C15H11F2N3O2S/c16-14(17)21-12-4-2-1-3-11(12)9-23-15-20-19-13(22-15)10-5-7-18-8-6-10/h1-8,14H,9H2. The fourth-order valence-corrected chi connectivity index (χ4v) is 2.61. The van der Waals surface area contributed by atoms with E-state index in [1.165, 1.54) is 17.8 Å². The molecular formula is C15H11F2N3O2S. The molecule has 0 saturated carbocycles. The summed E-state index contributed by atoms with van der Waals surface area (Å²) in [6.45, 7) is -2.86. The van der Waals surface area contributed by atoms with Crippen LogP contribution in [-0.4, -0.2) is 21.8 Å². The number of aromatic nitrogens is 3. The predicted octanol–water partition coefficient (Wildman–Crippen LogP) is 4.03. The van der Waals surface area contributed by atoms with Crippen LogP contribution in [0.5, 0.6) is 5.75 Å². The summed E-state index contributed by atoms with van der Waals surface area (Å²) >= 11 is 1.25. The average Bonchev–Trinajstić information content (AvgIpc) is 3.03. The van der Waals surface area contributed by atoms with Gasteiger partial charge in [0.15, 0.2) is 0 Å². The lowest BCUT2D eigenvalue weighted by Crippen LogP contribution is -2.03. The number of thioether (sulfide) groups is 1. The van der Waals surface area contributed by atoms with E-state index in [-0.39, 0.29) is 5.75 Å². The maximum absolute atomic E-state index is 12.4. The highest BCUT2D eigenvalue weighted by molar-refractivity contribution is 7.98. The average molecular weight is 335 g/mol. The highest BCUT2D eigenvalue weighted by atomic mass is 32.2. The van der Waals surface area contributed by atoms with Crippen LogP contribution in [0.4, 0.5) is 8.78 Å². The molecule has 0 saturated heterocycles. The Balaban J connectivity index is 1.69. The van der Waals surface area contributed by atoms with Gasteiger partial charge in [-0.15, -0.1) is 10.2 Å². The first-order chi connectivity index (χ1) is 11.2. The molecule has 0 aliphatic rings. The van der Waals surface area contributed by atoms with Crippen LogP contribution in [0.3, 0.4) is 0 Å². The monoisotopic (exact) mass is 335 g/mol. The van der Waals surface area contributed by atoms with E-state index in [0.717, 1.165) is 5.56 Å². The normalized spacial score (nSPS) is 10.9. The van der Waals surface area contributed by atoms with Crippen molar-refractivity contribution in [2.24, 2.45) is 0 Å². The van der Waals surface area contributed by atoms with Crippen LogP contribution in [0.1, 0.15) is 5.56 Å². The van der Waals surface area contributed by atoms with E-state index in [9.17, 15) is 8.78 Å². The summed E-state index contributed by atoms with van der Waals surface area (Å²) in [4.78, 5) is 3.92. The van der Waals surface area contributed by atoms with Gasteiger partial charge in [0.1, 0.15) is 5.75 Å². The first-order valence-corrected chi connectivity index (χ1v) is 7.60. The Kier molecular flexibility index (Phi) is 4.82. The third-order valence-corrected chi connectivity index (χ3v) is 3.74. The van der Waals surface area contributed by atoms with Crippen molar-refractivity contribution in [3.05, 3.63) is 54.4 Å². The van der Waals surface area contributed by atoms with Gasteiger partial charge in [-0.05, 0) is 18.2 Å². The molecule has 23 heavy (non-hydrogen) atoms. The van der Waals surface area contributed by atoms with Gasteiger partial charge in [0, 0.05) is 29.3 Å². The van der Waals surface area contributed by atoms with Crippen LogP contribution in [0.15, 0.2) is 58.4 Å². The van der Waals surface area contributed by atoms with Crippen molar-refractivity contribution in [2.75, 3.05) is 0 Å². The molecule has 0 atom stereocenters. The minimum atomic E-state index is -2.86. The van der Waals surface area contributed by atoms with E-state index in [1.54, 1.807) is 42.7 Å². The summed E-state index contributed by atoms with van der Waals surface area (Å²) in [7, 11) is 0. The zero-order valence-electron chi connectivity index (χ0n) is 11.7. The molecule has 0 spiro atoms. The number of hydrogen-bond acceptors (Lipinski definition) is 6. The lowest BCUT2D eigenvalue weighted by Gasteiger charge is -2.09. The van der Waals surface area contributed by atoms with Gasteiger partial charge in [-0.2, -0.15) is 8.78 Å². The number of hydrogen-bond donors (Lipinski definition) is 0. The Morgan fingerprint density at radius 3 is 2.65 bits per heavy atom. The van der Waals surface area contributed by atoms with Crippen molar-refractivity contribution in [3.8, 4) is 17.2 Å². The Morgan fingerprint density at radius 2 is 1.87 bits per heavy atom. The van der Waals surface area contributed by atoms with Gasteiger partial charge in [0.2, 0.25) is 5.89 Å². The number of rotatable bonds is 6. The van der Waals surface area contributed by atoms with Crippen LogP contribution >= 0.6 is 11.8 Å². The number of nitrogens with zero attached hydrogens (tertiary/aromatic N) is 3. The van der Waals surface area contributed by atoms with Gasteiger partial charge < -0.3 is 9.15 Å². The third kappa shape index (κ3) is 4.04. The van der Waals surface area contributed by atoms with E-state index < -0.39 is 6.61 Å². The second-order valence-corrected chi connectivity index (χ2v) is 5.31. The molecule has 0 aliphatic carbocycles. The van der Waals surface area contributed by atoms with Gasteiger partial charge >= 0.3 is 6.61 Å². The molecule has 5 nitrogen and oxygen atoms in total. The van der Waals surface area contributed by atoms with Gasteiger partial charge in [-0.25, -0.2) is 0 Å². The Labute approximate surface area is 134 Å². The predicted molar refractivity (Wildman–Crippen MR) is 80.2 cm³/mol. The number of benzene rings is 1. The molecule has 8 heteroatoms. The van der Waals surface area contributed by atoms with E-state index in [0.29, 0.717) is 22.4 Å². The maximum Gasteiger partial charge on any atom is 0.387 e. The van der Waals surface area contributed by atoms with Crippen molar-refractivity contribution in [1.29, 1.82) is 0 Å². The van der Waals surface area contributed by atoms with Gasteiger partial charge in [0.05, 0.1) is 0 Å². The molecule has 0 aliphatic heterocycles. The first kappa shape index (κ1) is 15.4. The van der Waals surface area contributed by atoms with Crippen molar-refractivity contribution >= 4 is 11.8 Å². The number of para-hydroxylation sites is 1. The minimum Gasteiger partial charge on any atom is -0.435 e. The van der Waals surface area contributed by atoms with Gasteiger partial charge in [-0.1, -0.05) is 30.0 Å². The molecule has 1 aromatic carbocycles. The molecule has 0 bridgehead atoms. The van der Waals surface area contributed by atoms with E-state index in [2.05, 4.69) is 19.9 Å². The van der Waals surface area contributed by atoms with Crippen molar-refractivity contribution in [2.45, 2.75) is 17.6 Å². The quantitative estimate of drug-likeness (QED) is 0.634. The van der Waals surface area contributed by atoms with Crippen molar-refractivity contribution in [3.63, 3.8) is 0 Å². The molecule has 3 rings (SSSR count). The Hall–Kier alpha value is -2.48. The fraction of sp³-hybridized carbons (Fsp3) is 0.133. The topological polar surface area (TPSA) is 61.0 Å². The highest BCUT2D eigenvalue weighted by Crippen LogP contribution is 2.29. The second-order valence-electron chi connectivity index (χ2n) is 4.38. The van der Waals surface area contributed by atoms with Crippen molar-refractivity contribution in [1.82, 2.24) is 15.2 Å². The van der Waals surface area contributed by atoms with Crippen LogP contribution in [-0.2, 0) is 5.75 Å². The van der Waals surface area contributed by atoms with Gasteiger partial charge in [0.25, 0.3) is 5.22 Å². The number of halogens is 2. The summed E-state index contributed by atoms with van der Waals surface area (Å²) < 4.78 is 34.8. The van der Waals surface area contributed by atoms with Crippen molar-refractivity contribution < 1.29 is 17.9 Å². The van der Waals surface area contributed by atoms with Crippen LogP contribution in [0, 0.1) is 0 Å². The zero-order valence-corrected chi connectivity index (χ0v) is 12.5. The molecule has 0 N–H and O–H groups in total. The van der Waals surface area contributed by atoms with Crippen LogP contribution < -0.4 is 4.74 Å². The van der Waals surface area contributed by atoms with E-state index >= 15 is 0 Å². The molecule has 2 heterocycles. The molecule has 3 aromatic rings. The Bertz CT molecular complexity index is 768. The summed E-state index contributed by atoms with van der Waals surface area (Å²) in [6, 6.07) is 10.1. The van der Waals surface area contributed by atoms with Crippen LogP contribution in [0.2, 0.25) is 0 Å². The van der Waals surface area contributed by atoms with E-state index in [1.807, 2.05) is 0 Å². The summed E-state index contributed by atoms with van der Waals surface area (Å²) in [5, 5.41) is 8.24. The Morgan fingerprint density at radius 1 is 1.09 bits per heavy atom. The number of alkyl halides is 2. The molecule has 2 aromatic heterocycles. The molecule has 0 unspecified atom stereocenters. The molecular weight excluding hydrogens is 324 g/mol. The zero-order chi connectivity index (χ0) is 16.1. The molecule has 0 fully saturated rings. The third-order valence-electron chi connectivity index (χ3n) is 2.87. The second kappa shape index (κ2) is 7.19. The lowest BCUT2D eigenvalue weighted by atomic mass is 10.2. The lowest BCUT2D eigenvalue weighted by molar-refractivity contribution is -0.0503. The van der Waals surface area contributed by atoms with Gasteiger partial charge in [-0.3, -0.25) is 4.98 Å². The summed E-state index contributed by atoms with van der Waals surface area (Å²) in [5.41, 5.74) is 1.39. The fourth-order valence-electron chi connectivity index (χ4n) is 1.85. The molecule has 118 valence electrons.